The highest BCUT2D eigenvalue weighted by Crippen LogP contribution is 2.38. The molecule has 168 valence electrons. The SMILES string of the molecule is O=C(NC1CC1)[C@@H]1Cc2cc([N+](=O)[O-])ccc2N2CCN(CCOc3ccccc3)C[C@H]12. The van der Waals surface area contributed by atoms with Gasteiger partial charge >= 0.3 is 0 Å². The lowest BCUT2D eigenvalue weighted by Crippen LogP contribution is -2.61. The van der Waals surface area contributed by atoms with Gasteiger partial charge in [0.1, 0.15) is 12.4 Å². The highest BCUT2D eigenvalue weighted by molar-refractivity contribution is 5.82. The summed E-state index contributed by atoms with van der Waals surface area (Å²) in [6, 6.07) is 15.2. The third-order valence-electron chi connectivity index (χ3n) is 6.67. The van der Waals surface area contributed by atoms with E-state index in [2.05, 4.69) is 15.1 Å². The molecule has 8 nitrogen and oxygen atoms in total. The van der Waals surface area contributed by atoms with Gasteiger partial charge in [-0.25, -0.2) is 0 Å². The summed E-state index contributed by atoms with van der Waals surface area (Å²) in [6.45, 7) is 3.81. The van der Waals surface area contributed by atoms with Gasteiger partial charge in [-0.05, 0) is 43.0 Å². The van der Waals surface area contributed by atoms with Crippen molar-refractivity contribution in [3.8, 4) is 5.75 Å². The van der Waals surface area contributed by atoms with Crippen LogP contribution in [0.25, 0.3) is 0 Å². The van der Waals surface area contributed by atoms with Gasteiger partial charge in [0.05, 0.1) is 16.9 Å². The maximum atomic E-state index is 13.1. The number of carbonyl (C=O) groups excluding carboxylic acids is 1. The molecule has 5 rings (SSSR count). The van der Waals surface area contributed by atoms with Crippen LogP contribution in [0.4, 0.5) is 11.4 Å². The van der Waals surface area contributed by atoms with Crippen molar-refractivity contribution in [3.63, 3.8) is 0 Å². The predicted octanol–water partition coefficient (Wildman–Crippen LogP) is 2.62. The molecule has 1 saturated carbocycles. The zero-order valence-electron chi connectivity index (χ0n) is 18.0. The van der Waals surface area contributed by atoms with Crippen LogP contribution < -0.4 is 15.0 Å². The van der Waals surface area contributed by atoms with E-state index in [1.807, 2.05) is 36.4 Å². The van der Waals surface area contributed by atoms with E-state index in [0.29, 0.717) is 19.1 Å². The van der Waals surface area contributed by atoms with E-state index in [9.17, 15) is 14.9 Å². The molecule has 2 aromatic carbocycles. The molecule has 0 aromatic heterocycles. The number of ether oxygens (including phenoxy) is 1. The van der Waals surface area contributed by atoms with Crippen LogP contribution in [0, 0.1) is 16.0 Å². The van der Waals surface area contributed by atoms with Gasteiger partial charge in [0.15, 0.2) is 0 Å². The smallest absolute Gasteiger partial charge is 0.269 e. The fourth-order valence-electron chi connectivity index (χ4n) is 4.83. The van der Waals surface area contributed by atoms with Crippen LogP contribution in [0.3, 0.4) is 0 Å². The molecule has 2 aromatic rings. The number of anilines is 1. The average Bonchev–Trinajstić information content (AvgIpc) is 3.62. The number of non-ortho nitro benzene ring substituents is 1. The van der Waals surface area contributed by atoms with E-state index in [4.69, 9.17) is 4.74 Å². The topological polar surface area (TPSA) is 87.9 Å². The quantitative estimate of drug-likeness (QED) is 0.530. The van der Waals surface area contributed by atoms with Crippen molar-refractivity contribution in [1.29, 1.82) is 0 Å². The molecular formula is C24H28N4O4. The number of benzene rings is 2. The van der Waals surface area contributed by atoms with Gasteiger partial charge in [-0.2, -0.15) is 0 Å². The molecule has 1 aliphatic carbocycles. The van der Waals surface area contributed by atoms with Crippen molar-refractivity contribution in [2.45, 2.75) is 31.3 Å². The molecule has 1 amide bonds. The summed E-state index contributed by atoms with van der Waals surface area (Å²) in [5, 5.41) is 14.4. The van der Waals surface area contributed by atoms with Crippen LogP contribution in [-0.2, 0) is 11.2 Å². The first kappa shape index (κ1) is 20.8. The highest BCUT2D eigenvalue weighted by atomic mass is 16.6. The lowest BCUT2D eigenvalue weighted by atomic mass is 9.83. The van der Waals surface area contributed by atoms with Crippen LogP contribution >= 0.6 is 0 Å². The number of nitro groups is 1. The maximum absolute atomic E-state index is 13.1. The third kappa shape index (κ3) is 4.41. The van der Waals surface area contributed by atoms with Gasteiger partial charge in [-0.3, -0.25) is 19.8 Å². The Hall–Kier alpha value is -3.13. The van der Waals surface area contributed by atoms with E-state index in [-0.39, 0.29) is 28.5 Å². The fraction of sp³-hybridized carbons (Fsp3) is 0.458. The third-order valence-corrected chi connectivity index (χ3v) is 6.67. The summed E-state index contributed by atoms with van der Waals surface area (Å²) in [4.78, 5) is 28.7. The van der Waals surface area contributed by atoms with Crippen molar-refractivity contribution in [2.24, 2.45) is 5.92 Å². The van der Waals surface area contributed by atoms with Crippen LogP contribution in [0.15, 0.2) is 48.5 Å². The number of hydrogen-bond donors (Lipinski definition) is 1. The van der Waals surface area contributed by atoms with Crippen molar-refractivity contribution in [2.75, 3.05) is 37.7 Å². The Labute approximate surface area is 187 Å². The standard InChI is InChI=1S/C24H28N4O4/c29-24(25-18-6-7-18)21-15-17-14-19(28(30)31)8-9-22(17)27-11-10-26(16-23(21)27)12-13-32-20-4-2-1-3-5-20/h1-5,8-9,14,18,21,23H,6-7,10-13,15-16H2,(H,25,29)/t21-,23-/m1/s1. The molecule has 2 fully saturated rings. The van der Waals surface area contributed by atoms with Crippen LogP contribution in [0.5, 0.6) is 5.75 Å². The molecule has 0 bridgehead atoms. The number of piperazine rings is 1. The Bertz CT molecular complexity index is 995. The molecular weight excluding hydrogens is 408 g/mol. The number of nitrogens with one attached hydrogen (secondary N) is 1. The number of hydrogen-bond acceptors (Lipinski definition) is 6. The monoisotopic (exact) mass is 436 g/mol. The minimum absolute atomic E-state index is 0.0492. The summed E-state index contributed by atoms with van der Waals surface area (Å²) in [6.07, 6.45) is 2.61. The second-order valence-corrected chi connectivity index (χ2v) is 8.89. The number of carbonyl (C=O) groups is 1. The molecule has 2 aliphatic heterocycles. The van der Waals surface area contributed by atoms with Gasteiger partial charge in [0, 0.05) is 50.0 Å². The number of nitrogens with zero attached hydrogens (tertiary/aromatic N) is 3. The van der Waals surface area contributed by atoms with E-state index in [1.54, 1.807) is 12.1 Å². The summed E-state index contributed by atoms with van der Waals surface area (Å²) >= 11 is 0. The molecule has 2 heterocycles. The minimum atomic E-state index is -0.365. The molecule has 32 heavy (non-hydrogen) atoms. The molecule has 3 aliphatic rings. The summed E-state index contributed by atoms with van der Waals surface area (Å²) < 4.78 is 5.87. The number of fused-ring (bicyclic) bond motifs is 3. The largest absolute Gasteiger partial charge is 0.492 e. The molecule has 0 unspecified atom stereocenters. The summed E-state index contributed by atoms with van der Waals surface area (Å²) in [5.41, 5.74) is 2.00. The van der Waals surface area contributed by atoms with Crippen molar-refractivity contribution in [3.05, 3.63) is 64.2 Å². The fourth-order valence-corrected chi connectivity index (χ4v) is 4.83. The van der Waals surface area contributed by atoms with Gasteiger partial charge in [0.2, 0.25) is 5.91 Å². The first-order valence-corrected chi connectivity index (χ1v) is 11.3. The Morgan fingerprint density at radius 3 is 2.72 bits per heavy atom. The van der Waals surface area contributed by atoms with E-state index < -0.39 is 0 Å². The van der Waals surface area contributed by atoms with E-state index in [0.717, 1.165) is 56.0 Å². The first-order chi connectivity index (χ1) is 15.6. The normalized spacial score (nSPS) is 22.6. The van der Waals surface area contributed by atoms with Gasteiger partial charge < -0.3 is 15.0 Å². The lowest BCUT2D eigenvalue weighted by Gasteiger charge is -2.49. The Morgan fingerprint density at radius 2 is 1.97 bits per heavy atom. The number of nitro benzene ring substituents is 1. The highest BCUT2D eigenvalue weighted by Gasteiger charge is 2.42. The van der Waals surface area contributed by atoms with E-state index in [1.165, 1.54) is 0 Å². The molecule has 1 saturated heterocycles. The maximum Gasteiger partial charge on any atom is 0.269 e. The Kier molecular flexibility index (Phi) is 5.70. The van der Waals surface area contributed by atoms with Crippen LogP contribution in [0.1, 0.15) is 18.4 Å². The van der Waals surface area contributed by atoms with Crippen molar-refractivity contribution in [1.82, 2.24) is 10.2 Å². The lowest BCUT2D eigenvalue weighted by molar-refractivity contribution is -0.384. The van der Waals surface area contributed by atoms with Gasteiger partial charge in [-0.15, -0.1) is 0 Å². The molecule has 0 spiro atoms. The molecule has 0 radical (unpaired) electrons. The molecule has 8 heteroatoms. The second kappa shape index (κ2) is 8.78. The number of amides is 1. The van der Waals surface area contributed by atoms with Crippen LogP contribution in [-0.4, -0.2) is 60.6 Å². The molecule has 1 N–H and O–H groups in total. The summed E-state index contributed by atoms with van der Waals surface area (Å²) in [7, 11) is 0. The zero-order valence-corrected chi connectivity index (χ0v) is 18.0. The number of para-hydroxylation sites is 1. The second-order valence-electron chi connectivity index (χ2n) is 8.89. The van der Waals surface area contributed by atoms with Gasteiger partial charge in [0.25, 0.3) is 5.69 Å². The summed E-state index contributed by atoms with van der Waals surface area (Å²) in [5.74, 6) is 0.714. The first-order valence-electron chi connectivity index (χ1n) is 11.3. The molecule has 2 atom stereocenters. The minimum Gasteiger partial charge on any atom is -0.492 e. The zero-order chi connectivity index (χ0) is 22.1. The Morgan fingerprint density at radius 1 is 1.16 bits per heavy atom. The Balaban J connectivity index is 1.31. The van der Waals surface area contributed by atoms with Crippen molar-refractivity contribution < 1.29 is 14.5 Å². The van der Waals surface area contributed by atoms with Gasteiger partial charge in [-0.1, -0.05) is 18.2 Å². The van der Waals surface area contributed by atoms with E-state index >= 15 is 0 Å². The average molecular weight is 437 g/mol. The predicted molar refractivity (Wildman–Crippen MR) is 121 cm³/mol. The van der Waals surface area contributed by atoms with Crippen molar-refractivity contribution >= 4 is 17.3 Å². The number of rotatable bonds is 7. The van der Waals surface area contributed by atoms with Crippen LogP contribution in [0.2, 0.25) is 0 Å².